The summed E-state index contributed by atoms with van der Waals surface area (Å²) >= 11 is 0. The van der Waals surface area contributed by atoms with Gasteiger partial charge in [-0.3, -0.25) is 0 Å². The van der Waals surface area contributed by atoms with Crippen LogP contribution in [0.2, 0.25) is 0 Å². The van der Waals surface area contributed by atoms with E-state index in [1.807, 2.05) is 19.1 Å². The maximum Gasteiger partial charge on any atom is 0.328 e. The molecule has 1 atom stereocenters. The molecule has 0 aliphatic carbocycles. The second kappa shape index (κ2) is 7.14. The van der Waals surface area contributed by atoms with Gasteiger partial charge in [0, 0.05) is 24.5 Å². The average molecular weight is 278 g/mol. The lowest BCUT2D eigenvalue weighted by Crippen LogP contribution is -2.36. The monoisotopic (exact) mass is 278 g/mol. The first-order chi connectivity index (χ1) is 9.70. The lowest BCUT2D eigenvalue weighted by molar-refractivity contribution is -0.143. The minimum absolute atomic E-state index is 0.232. The van der Waals surface area contributed by atoms with E-state index in [2.05, 4.69) is 22.3 Å². The molecule has 1 N–H and O–H groups in total. The standard InChI is InChI=1S/C15H22N2O3/c1-3-20-15(18)12(2)16-13-4-6-14(7-5-13)17-8-10-19-11-9-17/h4-7,12,16H,3,8-11H2,1-2H3/t12-/m0/s1. The molecule has 1 heterocycles. The summed E-state index contributed by atoms with van der Waals surface area (Å²) in [4.78, 5) is 13.8. The minimum Gasteiger partial charge on any atom is -0.464 e. The molecule has 0 aromatic heterocycles. The van der Waals surface area contributed by atoms with Crippen LogP contribution >= 0.6 is 0 Å². The highest BCUT2D eigenvalue weighted by Gasteiger charge is 2.14. The van der Waals surface area contributed by atoms with Crippen molar-refractivity contribution >= 4 is 17.3 Å². The number of morpholine rings is 1. The molecule has 0 unspecified atom stereocenters. The molecule has 1 fully saturated rings. The van der Waals surface area contributed by atoms with E-state index in [1.54, 1.807) is 6.92 Å². The molecule has 1 saturated heterocycles. The number of anilines is 2. The Balaban J connectivity index is 1.92. The summed E-state index contributed by atoms with van der Waals surface area (Å²) in [5, 5.41) is 3.14. The Labute approximate surface area is 119 Å². The van der Waals surface area contributed by atoms with Crippen LogP contribution in [0, 0.1) is 0 Å². The molecule has 0 spiro atoms. The summed E-state index contributed by atoms with van der Waals surface area (Å²) in [7, 11) is 0. The molecular formula is C15H22N2O3. The van der Waals surface area contributed by atoms with Crippen molar-refractivity contribution in [2.24, 2.45) is 0 Å². The first kappa shape index (κ1) is 14.7. The number of benzene rings is 1. The van der Waals surface area contributed by atoms with Gasteiger partial charge in [0.25, 0.3) is 0 Å². The van der Waals surface area contributed by atoms with Gasteiger partial charge < -0.3 is 19.7 Å². The van der Waals surface area contributed by atoms with Crippen molar-refractivity contribution < 1.29 is 14.3 Å². The largest absolute Gasteiger partial charge is 0.464 e. The van der Waals surface area contributed by atoms with E-state index in [1.165, 1.54) is 5.69 Å². The Morgan fingerprint density at radius 1 is 1.35 bits per heavy atom. The van der Waals surface area contributed by atoms with Gasteiger partial charge in [-0.25, -0.2) is 4.79 Å². The van der Waals surface area contributed by atoms with Crippen molar-refractivity contribution in [3.05, 3.63) is 24.3 Å². The third-order valence-corrected chi connectivity index (χ3v) is 3.27. The third kappa shape index (κ3) is 3.87. The van der Waals surface area contributed by atoms with E-state index in [9.17, 15) is 4.79 Å². The number of hydrogen-bond acceptors (Lipinski definition) is 5. The number of carbonyl (C=O) groups excluding carboxylic acids is 1. The number of esters is 1. The maximum atomic E-state index is 11.6. The Hall–Kier alpha value is -1.75. The van der Waals surface area contributed by atoms with Gasteiger partial charge >= 0.3 is 5.97 Å². The molecule has 5 heteroatoms. The molecule has 5 nitrogen and oxygen atoms in total. The zero-order chi connectivity index (χ0) is 14.4. The SMILES string of the molecule is CCOC(=O)[C@H](C)Nc1ccc(N2CCOCC2)cc1. The van der Waals surface area contributed by atoms with Gasteiger partial charge in [-0.15, -0.1) is 0 Å². The molecule has 1 aromatic rings. The molecule has 20 heavy (non-hydrogen) atoms. The van der Waals surface area contributed by atoms with Crippen LogP contribution in [0.1, 0.15) is 13.8 Å². The van der Waals surface area contributed by atoms with Gasteiger partial charge in [-0.2, -0.15) is 0 Å². The van der Waals surface area contributed by atoms with Crippen molar-refractivity contribution in [2.75, 3.05) is 43.1 Å². The number of carbonyl (C=O) groups is 1. The minimum atomic E-state index is -0.343. The molecule has 2 rings (SSSR count). The highest BCUT2D eigenvalue weighted by molar-refractivity contribution is 5.78. The van der Waals surface area contributed by atoms with Gasteiger partial charge in [-0.1, -0.05) is 0 Å². The summed E-state index contributed by atoms with van der Waals surface area (Å²) in [6.07, 6.45) is 0. The normalized spacial score (nSPS) is 16.6. The van der Waals surface area contributed by atoms with Crippen LogP contribution in [-0.2, 0) is 14.3 Å². The number of ether oxygens (including phenoxy) is 2. The fraction of sp³-hybridized carbons (Fsp3) is 0.533. The fourth-order valence-corrected chi connectivity index (χ4v) is 2.17. The predicted molar refractivity (Wildman–Crippen MR) is 79.2 cm³/mol. The van der Waals surface area contributed by atoms with Crippen molar-refractivity contribution in [3.8, 4) is 0 Å². The maximum absolute atomic E-state index is 11.6. The fourth-order valence-electron chi connectivity index (χ4n) is 2.17. The Bertz CT molecular complexity index is 427. The predicted octanol–water partition coefficient (Wildman–Crippen LogP) is 1.89. The summed E-state index contributed by atoms with van der Waals surface area (Å²) < 4.78 is 10.3. The first-order valence-electron chi connectivity index (χ1n) is 7.06. The van der Waals surface area contributed by atoms with Crippen LogP contribution in [-0.4, -0.2) is 44.9 Å². The summed E-state index contributed by atoms with van der Waals surface area (Å²) in [5.41, 5.74) is 2.10. The van der Waals surface area contributed by atoms with Crippen LogP contribution in [0.5, 0.6) is 0 Å². The summed E-state index contributed by atoms with van der Waals surface area (Å²) in [6.45, 7) is 7.41. The van der Waals surface area contributed by atoms with E-state index in [4.69, 9.17) is 9.47 Å². The van der Waals surface area contributed by atoms with Crippen LogP contribution in [0.15, 0.2) is 24.3 Å². The highest BCUT2D eigenvalue weighted by atomic mass is 16.5. The Kier molecular flexibility index (Phi) is 5.24. The zero-order valence-corrected chi connectivity index (χ0v) is 12.1. The zero-order valence-electron chi connectivity index (χ0n) is 12.1. The molecule has 1 aromatic carbocycles. The number of nitrogens with zero attached hydrogens (tertiary/aromatic N) is 1. The van der Waals surface area contributed by atoms with E-state index < -0.39 is 0 Å². The third-order valence-electron chi connectivity index (χ3n) is 3.27. The van der Waals surface area contributed by atoms with Crippen LogP contribution in [0.3, 0.4) is 0 Å². The Morgan fingerprint density at radius 3 is 2.60 bits per heavy atom. The van der Waals surface area contributed by atoms with Crippen molar-refractivity contribution in [1.29, 1.82) is 0 Å². The smallest absolute Gasteiger partial charge is 0.328 e. The van der Waals surface area contributed by atoms with E-state index in [-0.39, 0.29) is 12.0 Å². The number of hydrogen-bond donors (Lipinski definition) is 1. The average Bonchev–Trinajstić information content (AvgIpc) is 2.49. The van der Waals surface area contributed by atoms with Crippen LogP contribution in [0.25, 0.3) is 0 Å². The lowest BCUT2D eigenvalue weighted by Gasteiger charge is -2.29. The molecule has 0 amide bonds. The highest BCUT2D eigenvalue weighted by Crippen LogP contribution is 2.19. The topological polar surface area (TPSA) is 50.8 Å². The lowest BCUT2D eigenvalue weighted by atomic mass is 10.2. The van der Waals surface area contributed by atoms with Crippen LogP contribution < -0.4 is 10.2 Å². The van der Waals surface area contributed by atoms with Crippen LogP contribution in [0.4, 0.5) is 11.4 Å². The first-order valence-corrected chi connectivity index (χ1v) is 7.06. The van der Waals surface area contributed by atoms with Gasteiger partial charge in [0.05, 0.1) is 19.8 Å². The van der Waals surface area contributed by atoms with Gasteiger partial charge in [0.2, 0.25) is 0 Å². The van der Waals surface area contributed by atoms with Gasteiger partial charge in [0.15, 0.2) is 0 Å². The van der Waals surface area contributed by atoms with E-state index in [0.29, 0.717) is 6.61 Å². The molecule has 0 bridgehead atoms. The second-order valence-electron chi connectivity index (χ2n) is 4.76. The van der Waals surface area contributed by atoms with Crippen molar-refractivity contribution in [1.82, 2.24) is 0 Å². The van der Waals surface area contributed by atoms with Crippen molar-refractivity contribution in [2.45, 2.75) is 19.9 Å². The molecule has 1 aliphatic rings. The second-order valence-corrected chi connectivity index (χ2v) is 4.76. The molecular weight excluding hydrogens is 256 g/mol. The molecule has 1 aliphatic heterocycles. The molecule has 0 saturated carbocycles. The van der Waals surface area contributed by atoms with Gasteiger partial charge in [-0.05, 0) is 38.1 Å². The summed E-state index contributed by atoms with van der Waals surface area (Å²) in [6, 6.07) is 7.75. The Morgan fingerprint density at radius 2 is 2.00 bits per heavy atom. The molecule has 110 valence electrons. The molecule has 0 radical (unpaired) electrons. The van der Waals surface area contributed by atoms with Gasteiger partial charge in [0.1, 0.15) is 6.04 Å². The number of nitrogens with one attached hydrogen (secondary N) is 1. The van der Waals surface area contributed by atoms with E-state index in [0.717, 1.165) is 32.0 Å². The number of rotatable bonds is 5. The van der Waals surface area contributed by atoms with Crippen molar-refractivity contribution in [3.63, 3.8) is 0 Å². The summed E-state index contributed by atoms with van der Waals surface area (Å²) in [5.74, 6) is -0.232. The van der Waals surface area contributed by atoms with E-state index >= 15 is 0 Å². The quantitative estimate of drug-likeness (QED) is 0.834.